The highest BCUT2D eigenvalue weighted by Crippen LogP contribution is 2.16. The average molecular weight is 270 g/mol. The van der Waals surface area contributed by atoms with Gasteiger partial charge >= 0.3 is 0 Å². The third-order valence-corrected chi connectivity index (χ3v) is 2.76. The molecule has 4 nitrogen and oxygen atoms in total. The minimum absolute atomic E-state index is 0.0928. The molecule has 0 aliphatic carbocycles. The summed E-state index contributed by atoms with van der Waals surface area (Å²) in [5.74, 6) is 0.639. The van der Waals surface area contributed by atoms with Crippen LogP contribution >= 0.6 is 11.6 Å². The molecule has 0 radical (unpaired) electrons. The molecule has 1 unspecified atom stereocenters. The van der Waals surface area contributed by atoms with Gasteiger partial charge in [-0.2, -0.15) is 0 Å². The maximum atomic E-state index is 10.8. The molecule has 18 heavy (non-hydrogen) atoms. The van der Waals surface area contributed by atoms with Crippen LogP contribution in [0.2, 0.25) is 5.02 Å². The molecule has 1 aromatic carbocycles. The van der Waals surface area contributed by atoms with Crippen LogP contribution in [0.1, 0.15) is 12.8 Å². The first-order chi connectivity index (χ1) is 8.76. The van der Waals surface area contributed by atoms with Crippen molar-refractivity contribution in [2.45, 2.75) is 12.8 Å². The molecular weight excluding hydrogens is 254 g/mol. The van der Waals surface area contributed by atoms with E-state index in [9.17, 15) is 9.59 Å². The second kappa shape index (κ2) is 8.53. The van der Waals surface area contributed by atoms with Crippen molar-refractivity contribution in [1.82, 2.24) is 5.32 Å². The van der Waals surface area contributed by atoms with E-state index in [-0.39, 0.29) is 5.92 Å². The molecule has 0 aliphatic rings. The maximum absolute atomic E-state index is 10.8. The van der Waals surface area contributed by atoms with Crippen LogP contribution in [0.4, 0.5) is 0 Å². The second-order valence-corrected chi connectivity index (χ2v) is 4.28. The fraction of sp³-hybridized carbons (Fsp3) is 0.385. The summed E-state index contributed by atoms with van der Waals surface area (Å²) in [7, 11) is 0. The Balaban J connectivity index is 2.24. The van der Waals surface area contributed by atoms with Crippen LogP contribution < -0.4 is 10.1 Å². The Bertz CT molecular complexity index is 367. The molecule has 1 aromatic rings. The smallest absolute Gasteiger partial charge is 0.207 e. The lowest BCUT2D eigenvalue weighted by molar-refractivity contribution is -0.112. The molecule has 1 N–H and O–H groups in total. The summed E-state index contributed by atoms with van der Waals surface area (Å²) in [6.45, 7) is 0.972. The first-order valence-electron chi connectivity index (χ1n) is 5.77. The molecule has 5 heteroatoms. The molecule has 0 saturated heterocycles. The molecule has 0 fully saturated rings. The van der Waals surface area contributed by atoms with Crippen LogP contribution in [0.25, 0.3) is 0 Å². The summed E-state index contributed by atoms with van der Waals surface area (Å²) < 4.78 is 5.49. The number of hydrogen-bond donors (Lipinski definition) is 1. The van der Waals surface area contributed by atoms with E-state index in [4.69, 9.17) is 16.3 Å². The van der Waals surface area contributed by atoms with E-state index in [1.165, 1.54) is 0 Å². The molecular formula is C13H16ClNO3. The van der Waals surface area contributed by atoms with Gasteiger partial charge in [-0.25, -0.2) is 0 Å². The van der Waals surface area contributed by atoms with Crippen LogP contribution in [-0.4, -0.2) is 25.8 Å². The molecule has 0 aromatic heterocycles. The molecule has 0 heterocycles. The number of ether oxygens (including phenoxy) is 1. The van der Waals surface area contributed by atoms with Crippen molar-refractivity contribution in [3.63, 3.8) is 0 Å². The van der Waals surface area contributed by atoms with Crippen LogP contribution in [-0.2, 0) is 9.59 Å². The summed E-state index contributed by atoms with van der Waals surface area (Å²) in [6.07, 6.45) is 2.79. The molecule has 0 bridgehead atoms. The van der Waals surface area contributed by atoms with Crippen LogP contribution in [0, 0.1) is 5.92 Å². The van der Waals surface area contributed by atoms with Gasteiger partial charge < -0.3 is 14.8 Å². The number of carbonyl (C=O) groups excluding carboxylic acids is 2. The van der Waals surface area contributed by atoms with Crippen LogP contribution in [0.5, 0.6) is 5.75 Å². The van der Waals surface area contributed by atoms with Crippen LogP contribution in [0.15, 0.2) is 24.3 Å². The molecule has 98 valence electrons. The maximum Gasteiger partial charge on any atom is 0.207 e. The summed E-state index contributed by atoms with van der Waals surface area (Å²) in [6, 6.07) is 7.07. The molecule has 0 aliphatic heterocycles. The lowest BCUT2D eigenvalue weighted by Crippen LogP contribution is -2.18. The largest absolute Gasteiger partial charge is 0.494 e. The zero-order valence-electron chi connectivity index (χ0n) is 9.97. The van der Waals surface area contributed by atoms with Crippen molar-refractivity contribution < 1.29 is 14.3 Å². The van der Waals surface area contributed by atoms with Crippen molar-refractivity contribution in [2.24, 2.45) is 5.92 Å². The highest BCUT2D eigenvalue weighted by atomic mass is 35.5. The predicted octanol–water partition coefficient (Wildman–Crippen LogP) is 2.06. The fourth-order valence-electron chi connectivity index (χ4n) is 1.47. The third kappa shape index (κ3) is 5.68. The average Bonchev–Trinajstić information content (AvgIpc) is 2.39. The molecule has 1 rings (SSSR count). The van der Waals surface area contributed by atoms with Gasteiger partial charge in [-0.15, -0.1) is 0 Å². The standard InChI is InChI=1S/C13H16ClNO3/c14-12-1-3-13(4-2-12)18-8-6-11(9-16)5-7-15-10-17/h1-4,9-11H,5-8H2,(H,15,17). The quantitative estimate of drug-likeness (QED) is 0.551. The lowest BCUT2D eigenvalue weighted by atomic mass is 10.0. The number of rotatable bonds is 9. The highest BCUT2D eigenvalue weighted by Gasteiger charge is 2.07. The summed E-state index contributed by atoms with van der Waals surface area (Å²) in [4.78, 5) is 20.9. The Morgan fingerprint density at radius 3 is 2.56 bits per heavy atom. The Kier molecular flexibility index (Phi) is 6.87. The summed E-state index contributed by atoms with van der Waals surface area (Å²) in [5.41, 5.74) is 0. The summed E-state index contributed by atoms with van der Waals surface area (Å²) in [5, 5.41) is 3.19. The zero-order chi connectivity index (χ0) is 13.2. The number of halogens is 1. The van der Waals surface area contributed by atoms with E-state index in [1.54, 1.807) is 24.3 Å². The Morgan fingerprint density at radius 2 is 1.94 bits per heavy atom. The van der Waals surface area contributed by atoms with E-state index in [1.807, 2.05) is 0 Å². The SMILES string of the molecule is O=CNCCC(C=O)CCOc1ccc(Cl)cc1. The van der Waals surface area contributed by atoms with E-state index < -0.39 is 0 Å². The first-order valence-corrected chi connectivity index (χ1v) is 6.14. The second-order valence-electron chi connectivity index (χ2n) is 3.85. The molecule has 0 saturated carbocycles. The van der Waals surface area contributed by atoms with Gasteiger partial charge in [0.25, 0.3) is 0 Å². The number of nitrogens with one attached hydrogen (secondary N) is 1. The van der Waals surface area contributed by atoms with Gasteiger partial charge in [0.05, 0.1) is 6.61 Å². The number of hydrogen-bond acceptors (Lipinski definition) is 3. The van der Waals surface area contributed by atoms with Crippen molar-refractivity contribution >= 4 is 24.3 Å². The predicted molar refractivity (Wildman–Crippen MR) is 69.8 cm³/mol. The number of carbonyl (C=O) groups is 2. The first kappa shape index (κ1) is 14.5. The topological polar surface area (TPSA) is 55.4 Å². The van der Waals surface area contributed by atoms with Gasteiger partial charge in [0, 0.05) is 17.5 Å². The van der Waals surface area contributed by atoms with Gasteiger partial charge in [0.1, 0.15) is 12.0 Å². The highest BCUT2D eigenvalue weighted by molar-refractivity contribution is 6.30. The Morgan fingerprint density at radius 1 is 1.22 bits per heavy atom. The normalized spacial score (nSPS) is 11.6. The number of benzene rings is 1. The third-order valence-electron chi connectivity index (χ3n) is 2.51. The van der Waals surface area contributed by atoms with Gasteiger partial charge in [-0.1, -0.05) is 11.6 Å². The van der Waals surface area contributed by atoms with Crippen molar-refractivity contribution in [2.75, 3.05) is 13.2 Å². The van der Waals surface area contributed by atoms with Gasteiger partial charge in [-0.3, -0.25) is 4.79 Å². The minimum Gasteiger partial charge on any atom is -0.494 e. The van der Waals surface area contributed by atoms with Gasteiger partial charge in [0.2, 0.25) is 6.41 Å². The van der Waals surface area contributed by atoms with Gasteiger partial charge in [-0.05, 0) is 37.1 Å². The summed E-state index contributed by atoms with van der Waals surface area (Å²) >= 11 is 5.75. The van der Waals surface area contributed by atoms with E-state index in [0.29, 0.717) is 37.4 Å². The van der Waals surface area contributed by atoms with Crippen molar-refractivity contribution in [3.05, 3.63) is 29.3 Å². The van der Waals surface area contributed by atoms with E-state index in [0.717, 1.165) is 12.0 Å². The van der Waals surface area contributed by atoms with E-state index >= 15 is 0 Å². The minimum atomic E-state index is -0.0928. The molecule has 0 spiro atoms. The van der Waals surface area contributed by atoms with Crippen molar-refractivity contribution in [1.29, 1.82) is 0 Å². The Labute approximate surface area is 111 Å². The molecule has 1 amide bonds. The number of aldehydes is 1. The number of amides is 1. The van der Waals surface area contributed by atoms with Crippen LogP contribution in [0.3, 0.4) is 0 Å². The monoisotopic (exact) mass is 269 g/mol. The van der Waals surface area contributed by atoms with Gasteiger partial charge in [0.15, 0.2) is 0 Å². The van der Waals surface area contributed by atoms with E-state index in [2.05, 4.69) is 5.32 Å². The van der Waals surface area contributed by atoms with Crippen molar-refractivity contribution in [3.8, 4) is 5.75 Å². The molecule has 1 atom stereocenters. The Hall–Kier alpha value is -1.55. The zero-order valence-corrected chi connectivity index (χ0v) is 10.7. The fourth-order valence-corrected chi connectivity index (χ4v) is 1.59. The lowest BCUT2D eigenvalue weighted by Gasteiger charge is -2.11.